The van der Waals surface area contributed by atoms with Crippen LogP contribution in [0.5, 0.6) is 0 Å². The second kappa shape index (κ2) is 2.36. The Morgan fingerprint density at radius 3 is 2.73 bits per heavy atom. The van der Waals surface area contributed by atoms with Gasteiger partial charge in [0.05, 0.1) is 0 Å². The topological polar surface area (TPSA) is 26.3 Å². The Hall–Kier alpha value is -0.790. The number of esters is 1. The quantitative estimate of drug-likeness (QED) is 0.420. The third kappa shape index (κ3) is 1.17. The summed E-state index contributed by atoms with van der Waals surface area (Å²) in [6, 6.07) is 0. The van der Waals surface area contributed by atoms with Gasteiger partial charge in [0.2, 0.25) is 0 Å². The van der Waals surface area contributed by atoms with Gasteiger partial charge in [0.25, 0.3) is 0 Å². The normalized spacial score (nSPS) is 39.5. The van der Waals surface area contributed by atoms with Gasteiger partial charge in [-0.2, -0.15) is 0 Å². The molecule has 60 valence electrons. The van der Waals surface area contributed by atoms with Crippen molar-refractivity contribution in [2.24, 2.45) is 11.8 Å². The standard InChI is InChI=1S/C9H12O2/c1-6(10)11-9-5-7-2-3-8(9)4-7/h2-3,7-9H,4-5H2,1H3. The van der Waals surface area contributed by atoms with E-state index in [0.29, 0.717) is 11.8 Å². The zero-order valence-electron chi connectivity index (χ0n) is 6.62. The summed E-state index contributed by atoms with van der Waals surface area (Å²) in [5.41, 5.74) is 0. The molecule has 1 saturated carbocycles. The van der Waals surface area contributed by atoms with Crippen molar-refractivity contribution in [2.75, 3.05) is 0 Å². The monoisotopic (exact) mass is 152 g/mol. The zero-order valence-corrected chi connectivity index (χ0v) is 6.62. The number of carbonyl (C=O) groups is 1. The minimum absolute atomic E-state index is 0.143. The molecular formula is C9H12O2. The number of carbonyl (C=O) groups excluding carboxylic acids is 1. The van der Waals surface area contributed by atoms with Crippen LogP contribution in [0.25, 0.3) is 0 Å². The summed E-state index contributed by atoms with van der Waals surface area (Å²) in [5, 5.41) is 0. The largest absolute Gasteiger partial charge is 0.462 e. The molecule has 0 aromatic carbocycles. The molecule has 0 amide bonds. The van der Waals surface area contributed by atoms with Gasteiger partial charge in [-0.25, -0.2) is 0 Å². The number of rotatable bonds is 1. The fourth-order valence-electron chi connectivity index (χ4n) is 2.08. The molecule has 2 rings (SSSR count). The smallest absolute Gasteiger partial charge is 0.302 e. The van der Waals surface area contributed by atoms with E-state index in [1.807, 2.05) is 0 Å². The van der Waals surface area contributed by atoms with Crippen molar-refractivity contribution < 1.29 is 9.53 Å². The van der Waals surface area contributed by atoms with Gasteiger partial charge in [-0.3, -0.25) is 4.79 Å². The molecule has 0 saturated heterocycles. The van der Waals surface area contributed by atoms with E-state index in [1.54, 1.807) is 0 Å². The summed E-state index contributed by atoms with van der Waals surface area (Å²) in [6.45, 7) is 1.48. The Kier molecular flexibility index (Phi) is 1.48. The van der Waals surface area contributed by atoms with E-state index in [2.05, 4.69) is 12.2 Å². The predicted molar refractivity (Wildman–Crippen MR) is 40.9 cm³/mol. The molecule has 2 aliphatic rings. The van der Waals surface area contributed by atoms with Crippen molar-refractivity contribution in [3.8, 4) is 0 Å². The van der Waals surface area contributed by atoms with Crippen LogP contribution in [0.3, 0.4) is 0 Å². The van der Waals surface area contributed by atoms with Gasteiger partial charge >= 0.3 is 5.97 Å². The van der Waals surface area contributed by atoms with Crippen molar-refractivity contribution in [3.05, 3.63) is 12.2 Å². The number of allylic oxidation sites excluding steroid dienone is 1. The third-order valence-electron chi connectivity index (χ3n) is 2.54. The van der Waals surface area contributed by atoms with Gasteiger partial charge in [0, 0.05) is 12.8 Å². The van der Waals surface area contributed by atoms with E-state index in [9.17, 15) is 4.79 Å². The lowest BCUT2D eigenvalue weighted by Crippen LogP contribution is -2.20. The van der Waals surface area contributed by atoms with Crippen LogP contribution in [0.2, 0.25) is 0 Å². The van der Waals surface area contributed by atoms with E-state index >= 15 is 0 Å². The second-order valence-electron chi connectivity index (χ2n) is 3.43. The molecule has 1 fully saturated rings. The van der Waals surface area contributed by atoms with E-state index in [0.717, 1.165) is 6.42 Å². The summed E-state index contributed by atoms with van der Waals surface area (Å²) in [5.74, 6) is 1.06. The lowest BCUT2D eigenvalue weighted by molar-refractivity contribution is -0.147. The molecule has 2 heteroatoms. The maximum Gasteiger partial charge on any atom is 0.302 e. The van der Waals surface area contributed by atoms with Crippen molar-refractivity contribution in [2.45, 2.75) is 25.9 Å². The van der Waals surface area contributed by atoms with Crippen LogP contribution >= 0.6 is 0 Å². The van der Waals surface area contributed by atoms with Crippen molar-refractivity contribution in [3.63, 3.8) is 0 Å². The van der Waals surface area contributed by atoms with Crippen LogP contribution in [0, 0.1) is 11.8 Å². The Morgan fingerprint density at radius 1 is 1.45 bits per heavy atom. The highest BCUT2D eigenvalue weighted by molar-refractivity contribution is 5.66. The first kappa shape index (κ1) is 6.89. The molecule has 3 atom stereocenters. The molecule has 0 aromatic heterocycles. The average Bonchev–Trinajstić information content (AvgIpc) is 2.45. The third-order valence-corrected chi connectivity index (χ3v) is 2.54. The fourth-order valence-corrected chi connectivity index (χ4v) is 2.08. The Balaban J connectivity index is 1.98. The summed E-state index contributed by atoms with van der Waals surface area (Å²) in [7, 11) is 0. The van der Waals surface area contributed by atoms with Crippen molar-refractivity contribution in [1.82, 2.24) is 0 Å². The summed E-state index contributed by atoms with van der Waals surface area (Å²) in [6.07, 6.45) is 6.84. The molecule has 3 unspecified atom stereocenters. The molecule has 2 bridgehead atoms. The minimum atomic E-state index is -0.143. The van der Waals surface area contributed by atoms with Crippen LogP contribution in [0.4, 0.5) is 0 Å². The lowest BCUT2D eigenvalue weighted by Gasteiger charge is -2.17. The highest BCUT2D eigenvalue weighted by Gasteiger charge is 2.37. The Morgan fingerprint density at radius 2 is 2.27 bits per heavy atom. The molecule has 0 N–H and O–H groups in total. The molecule has 0 heterocycles. The van der Waals surface area contributed by atoms with Gasteiger partial charge < -0.3 is 4.74 Å². The zero-order chi connectivity index (χ0) is 7.84. The molecule has 2 nitrogen and oxygen atoms in total. The van der Waals surface area contributed by atoms with E-state index in [4.69, 9.17) is 4.74 Å². The average molecular weight is 152 g/mol. The SMILES string of the molecule is CC(=O)OC1CC2C=CC1C2. The van der Waals surface area contributed by atoms with E-state index in [1.165, 1.54) is 13.3 Å². The lowest BCUT2D eigenvalue weighted by atomic mass is 10.0. The molecule has 0 aromatic rings. The summed E-state index contributed by atoms with van der Waals surface area (Å²) < 4.78 is 5.15. The summed E-state index contributed by atoms with van der Waals surface area (Å²) >= 11 is 0. The maximum absolute atomic E-state index is 10.6. The van der Waals surface area contributed by atoms with Gasteiger partial charge in [-0.05, 0) is 18.8 Å². The van der Waals surface area contributed by atoms with Gasteiger partial charge in [-0.15, -0.1) is 0 Å². The highest BCUT2D eigenvalue weighted by Crippen LogP contribution is 2.40. The molecular weight excluding hydrogens is 140 g/mol. The number of hydrogen-bond acceptors (Lipinski definition) is 2. The molecule has 11 heavy (non-hydrogen) atoms. The number of fused-ring (bicyclic) bond motifs is 2. The Bertz CT molecular complexity index is 208. The number of ether oxygens (including phenoxy) is 1. The summed E-state index contributed by atoms with van der Waals surface area (Å²) in [4.78, 5) is 10.6. The van der Waals surface area contributed by atoms with Gasteiger partial charge in [0.15, 0.2) is 0 Å². The first-order valence-electron chi connectivity index (χ1n) is 4.11. The van der Waals surface area contributed by atoms with E-state index in [-0.39, 0.29) is 12.1 Å². The minimum Gasteiger partial charge on any atom is -0.462 e. The molecule has 0 radical (unpaired) electrons. The Labute approximate surface area is 66.2 Å². The number of hydrogen-bond donors (Lipinski definition) is 0. The van der Waals surface area contributed by atoms with Gasteiger partial charge in [0.1, 0.15) is 6.10 Å². The van der Waals surface area contributed by atoms with Crippen LogP contribution in [-0.4, -0.2) is 12.1 Å². The first-order chi connectivity index (χ1) is 5.25. The molecule has 2 aliphatic carbocycles. The first-order valence-corrected chi connectivity index (χ1v) is 4.11. The second-order valence-corrected chi connectivity index (χ2v) is 3.43. The fraction of sp³-hybridized carbons (Fsp3) is 0.667. The van der Waals surface area contributed by atoms with Gasteiger partial charge in [-0.1, -0.05) is 12.2 Å². The molecule has 0 spiro atoms. The highest BCUT2D eigenvalue weighted by atomic mass is 16.5. The van der Waals surface area contributed by atoms with Crippen LogP contribution in [0.15, 0.2) is 12.2 Å². The predicted octanol–water partition coefficient (Wildman–Crippen LogP) is 1.51. The van der Waals surface area contributed by atoms with Crippen LogP contribution in [-0.2, 0) is 9.53 Å². The van der Waals surface area contributed by atoms with E-state index < -0.39 is 0 Å². The van der Waals surface area contributed by atoms with Crippen molar-refractivity contribution in [1.29, 1.82) is 0 Å². The van der Waals surface area contributed by atoms with Crippen LogP contribution in [0.1, 0.15) is 19.8 Å². The van der Waals surface area contributed by atoms with Crippen molar-refractivity contribution >= 4 is 5.97 Å². The molecule has 0 aliphatic heterocycles. The van der Waals surface area contributed by atoms with Crippen LogP contribution < -0.4 is 0 Å². The maximum atomic E-state index is 10.6.